The molecule has 7 heteroatoms. The standard InChI is InChI=1S/C24H29N5OS/c1-17-9-10-19(3)22(15-17)29-20(4)25-26-24(29)31-16-23(30)28-13-11-27(12-14-28)21-8-6-5-7-18(21)2/h5-10,15H,11-14,16H2,1-4H3. The molecule has 0 bridgehead atoms. The van der Waals surface area contributed by atoms with Crippen LogP contribution in [0.5, 0.6) is 0 Å². The van der Waals surface area contributed by atoms with Crippen molar-refractivity contribution >= 4 is 23.4 Å². The van der Waals surface area contributed by atoms with Crippen LogP contribution in [0, 0.1) is 27.7 Å². The van der Waals surface area contributed by atoms with Crippen molar-refractivity contribution in [2.45, 2.75) is 32.9 Å². The molecule has 0 aliphatic carbocycles. The second-order valence-electron chi connectivity index (χ2n) is 8.10. The topological polar surface area (TPSA) is 54.3 Å². The van der Waals surface area contributed by atoms with Crippen molar-refractivity contribution in [1.29, 1.82) is 0 Å². The maximum absolute atomic E-state index is 12.9. The number of rotatable bonds is 5. The van der Waals surface area contributed by atoms with Crippen molar-refractivity contribution in [1.82, 2.24) is 19.7 Å². The molecule has 1 aromatic heterocycles. The Morgan fingerprint density at radius 1 is 0.903 bits per heavy atom. The number of para-hydroxylation sites is 1. The van der Waals surface area contributed by atoms with Gasteiger partial charge in [0.1, 0.15) is 5.82 Å². The van der Waals surface area contributed by atoms with E-state index in [9.17, 15) is 4.79 Å². The second-order valence-corrected chi connectivity index (χ2v) is 9.04. The summed E-state index contributed by atoms with van der Waals surface area (Å²) in [6.45, 7) is 11.5. The van der Waals surface area contributed by atoms with Gasteiger partial charge in [0.05, 0.1) is 11.4 Å². The molecule has 162 valence electrons. The zero-order chi connectivity index (χ0) is 22.0. The van der Waals surface area contributed by atoms with Gasteiger partial charge in [-0.25, -0.2) is 0 Å². The van der Waals surface area contributed by atoms with Crippen LogP contribution in [0.2, 0.25) is 0 Å². The molecule has 6 nitrogen and oxygen atoms in total. The summed E-state index contributed by atoms with van der Waals surface area (Å²) in [6, 6.07) is 14.8. The molecule has 0 unspecified atom stereocenters. The van der Waals surface area contributed by atoms with E-state index < -0.39 is 0 Å². The van der Waals surface area contributed by atoms with Crippen molar-refractivity contribution in [3.8, 4) is 5.69 Å². The van der Waals surface area contributed by atoms with E-state index in [0.29, 0.717) is 5.75 Å². The van der Waals surface area contributed by atoms with E-state index in [1.807, 2.05) is 11.8 Å². The fourth-order valence-electron chi connectivity index (χ4n) is 4.01. The van der Waals surface area contributed by atoms with Gasteiger partial charge in [0.2, 0.25) is 5.91 Å². The van der Waals surface area contributed by atoms with E-state index >= 15 is 0 Å². The molecular formula is C24H29N5OS. The Balaban J connectivity index is 1.39. The molecule has 0 spiro atoms. The number of carbonyl (C=O) groups excluding carboxylic acids is 1. The summed E-state index contributed by atoms with van der Waals surface area (Å²) in [7, 11) is 0. The number of hydrogen-bond acceptors (Lipinski definition) is 5. The summed E-state index contributed by atoms with van der Waals surface area (Å²) in [5.41, 5.74) is 5.96. The fraction of sp³-hybridized carbons (Fsp3) is 0.375. The number of piperazine rings is 1. The Hall–Kier alpha value is -2.80. The molecule has 1 aliphatic heterocycles. The van der Waals surface area contributed by atoms with Crippen LogP contribution in [0.3, 0.4) is 0 Å². The number of nitrogens with zero attached hydrogens (tertiary/aromatic N) is 5. The van der Waals surface area contributed by atoms with Crippen molar-refractivity contribution in [2.24, 2.45) is 0 Å². The summed E-state index contributed by atoms with van der Waals surface area (Å²) in [6.07, 6.45) is 0. The smallest absolute Gasteiger partial charge is 0.233 e. The third kappa shape index (κ3) is 4.61. The first-order valence-electron chi connectivity index (χ1n) is 10.6. The van der Waals surface area contributed by atoms with Crippen LogP contribution in [0.25, 0.3) is 5.69 Å². The average molecular weight is 436 g/mol. The Kier molecular flexibility index (Phi) is 6.32. The highest BCUT2D eigenvalue weighted by atomic mass is 32.2. The quantitative estimate of drug-likeness (QED) is 0.568. The van der Waals surface area contributed by atoms with E-state index in [0.717, 1.165) is 48.4 Å². The number of thioether (sulfide) groups is 1. The number of hydrogen-bond donors (Lipinski definition) is 0. The minimum atomic E-state index is 0.155. The number of carbonyl (C=O) groups is 1. The average Bonchev–Trinajstić information content (AvgIpc) is 3.14. The van der Waals surface area contributed by atoms with Gasteiger partial charge in [-0.1, -0.05) is 42.1 Å². The van der Waals surface area contributed by atoms with Gasteiger partial charge in [-0.15, -0.1) is 10.2 Å². The molecule has 2 heterocycles. The predicted molar refractivity (Wildman–Crippen MR) is 126 cm³/mol. The van der Waals surface area contributed by atoms with Crippen LogP contribution in [0.4, 0.5) is 5.69 Å². The zero-order valence-corrected chi connectivity index (χ0v) is 19.4. The first-order valence-corrected chi connectivity index (χ1v) is 11.6. The van der Waals surface area contributed by atoms with Gasteiger partial charge in [0.25, 0.3) is 0 Å². The molecular weight excluding hydrogens is 406 g/mol. The van der Waals surface area contributed by atoms with Crippen LogP contribution in [0.1, 0.15) is 22.5 Å². The minimum absolute atomic E-state index is 0.155. The highest BCUT2D eigenvalue weighted by molar-refractivity contribution is 7.99. The molecule has 1 saturated heterocycles. The van der Waals surface area contributed by atoms with E-state index in [4.69, 9.17) is 0 Å². The molecule has 2 aromatic carbocycles. The van der Waals surface area contributed by atoms with Crippen LogP contribution in [0.15, 0.2) is 47.6 Å². The highest BCUT2D eigenvalue weighted by Gasteiger charge is 2.23. The lowest BCUT2D eigenvalue weighted by Crippen LogP contribution is -2.49. The summed E-state index contributed by atoms with van der Waals surface area (Å²) in [4.78, 5) is 17.2. The molecule has 0 atom stereocenters. The summed E-state index contributed by atoms with van der Waals surface area (Å²) >= 11 is 1.46. The Labute approximate surface area is 188 Å². The third-order valence-electron chi connectivity index (χ3n) is 5.81. The fourth-order valence-corrected chi connectivity index (χ4v) is 4.90. The summed E-state index contributed by atoms with van der Waals surface area (Å²) < 4.78 is 2.05. The number of amides is 1. The van der Waals surface area contributed by atoms with Gasteiger partial charge in [-0.3, -0.25) is 9.36 Å². The normalized spacial score (nSPS) is 14.2. The lowest BCUT2D eigenvalue weighted by atomic mass is 10.1. The summed E-state index contributed by atoms with van der Waals surface area (Å²) in [5.74, 6) is 1.35. The van der Waals surface area contributed by atoms with Crippen molar-refractivity contribution in [3.05, 3.63) is 65.0 Å². The Morgan fingerprint density at radius 2 is 1.61 bits per heavy atom. The first-order chi connectivity index (χ1) is 14.9. The SMILES string of the molecule is Cc1ccc(C)c(-n2c(C)nnc2SCC(=O)N2CCN(c3ccccc3C)CC2)c1. The lowest BCUT2D eigenvalue weighted by molar-refractivity contribution is -0.128. The van der Waals surface area contributed by atoms with E-state index in [2.05, 4.69) is 82.9 Å². The molecule has 1 aliphatic rings. The molecule has 1 fully saturated rings. The van der Waals surface area contributed by atoms with E-state index in [-0.39, 0.29) is 5.91 Å². The van der Waals surface area contributed by atoms with Gasteiger partial charge in [0.15, 0.2) is 5.16 Å². The zero-order valence-electron chi connectivity index (χ0n) is 18.6. The van der Waals surface area contributed by atoms with E-state index in [1.54, 1.807) is 0 Å². The molecule has 0 saturated carbocycles. The van der Waals surface area contributed by atoms with Gasteiger partial charge < -0.3 is 9.80 Å². The number of aromatic nitrogens is 3. The summed E-state index contributed by atoms with van der Waals surface area (Å²) in [5, 5.41) is 9.37. The first kappa shape index (κ1) is 21.4. The van der Waals surface area contributed by atoms with Gasteiger partial charge in [0, 0.05) is 31.9 Å². The van der Waals surface area contributed by atoms with Crippen LogP contribution >= 0.6 is 11.8 Å². The predicted octanol–water partition coefficient (Wildman–Crippen LogP) is 3.94. The maximum atomic E-state index is 12.9. The molecule has 1 amide bonds. The molecule has 0 radical (unpaired) electrons. The Morgan fingerprint density at radius 3 is 2.35 bits per heavy atom. The maximum Gasteiger partial charge on any atom is 0.233 e. The van der Waals surface area contributed by atoms with Crippen molar-refractivity contribution in [2.75, 3.05) is 36.8 Å². The Bertz CT molecular complexity index is 1090. The molecule has 0 N–H and O–H groups in total. The van der Waals surface area contributed by atoms with Crippen LogP contribution < -0.4 is 4.90 Å². The van der Waals surface area contributed by atoms with Gasteiger partial charge in [-0.2, -0.15) is 0 Å². The largest absolute Gasteiger partial charge is 0.368 e. The number of benzene rings is 2. The second kappa shape index (κ2) is 9.14. The lowest BCUT2D eigenvalue weighted by Gasteiger charge is -2.36. The van der Waals surface area contributed by atoms with Gasteiger partial charge >= 0.3 is 0 Å². The van der Waals surface area contributed by atoms with E-state index in [1.165, 1.54) is 28.6 Å². The van der Waals surface area contributed by atoms with Gasteiger partial charge in [-0.05, 0) is 56.5 Å². The van der Waals surface area contributed by atoms with Crippen molar-refractivity contribution in [3.63, 3.8) is 0 Å². The monoisotopic (exact) mass is 435 g/mol. The number of aryl methyl sites for hydroxylation is 4. The minimum Gasteiger partial charge on any atom is -0.368 e. The van der Waals surface area contributed by atoms with Crippen molar-refractivity contribution < 1.29 is 4.79 Å². The van der Waals surface area contributed by atoms with Crippen LogP contribution in [-0.4, -0.2) is 57.5 Å². The highest BCUT2D eigenvalue weighted by Crippen LogP contribution is 2.26. The molecule has 31 heavy (non-hydrogen) atoms. The number of anilines is 1. The van der Waals surface area contributed by atoms with Crippen LogP contribution in [-0.2, 0) is 4.79 Å². The molecule has 4 rings (SSSR count). The molecule has 3 aromatic rings. The third-order valence-corrected chi connectivity index (χ3v) is 6.73.